The van der Waals surface area contributed by atoms with E-state index in [0.29, 0.717) is 37.1 Å². The minimum atomic E-state index is -0.305. The van der Waals surface area contributed by atoms with Gasteiger partial charge in [-0.2, -0.15) is 0 Å². The van der Waals surface area contributed by atoms with Crippen molar-refractivity contribution in [1.82, 2.24) is 4.98 Å². The zero-order valence-corrected chi connectivity index (χ0v) is 18.9. The number of anilines is 2. The highest BCUT2D eigenvalue weighted by atomic mass is 16.6. The summed E-state index contributed by atoms with van der Waals surface area (Å²) >= 11 is 0. The van der Waals surface area contributed by atoms with E-state index < -0.39 is 0 Å². The van der Waals surface area contributed by atoms with Gasteiger partial charge in [-0.3, -0.25) is 10.1 Å². The first-order valence-electron chi connectivity index (χ1n) is 11.2. The van der Waals surface area contributed by atoms with Crippen LogP contribution in [0.15, 0.2) is 84.9 Å². The zero-order valence-electron chi connectivity index (χ0n) is 18.9. The molecule has 1 aromatic heterocycles. The van der Waals surface area contributed by atoms with Crippen molar-refractivity contribution >= 4 is 28.1 Å². The molecule has 0 spiro atoms. The molecule has 0 unspecified atom stereocenters. The van der Waals surface area contributed by atoms with Crippen LogP contribution in [0.3, 0.4) is 0 Å². The normalized spacial score (nSPS) is 11.0. The lowest BCUT2D eigenvalue weighted by molar-refractivity contribution is -0.383. The number of nitro groups is 1. The van der Waals surface area contributed by atoms with Gasteiger partial charge in [0.05, 0.1) is 10.4 Å². The van der Waals surface area contributed by atoms with E-state index >= 15 is 0 Å². The average Bonchev–Trinajstić information content (AvgIpc) is 2.82. The van der Waals surface area contributed by atoms with E-state index in [-0.39, 0.29) is 10.6 Å². The van der Waals surface area contributed by atoms with E-state index in [0.717, 1.165) is 22.0 Å². The van der Waals surface area contributed by atoms with Gasteiger partial charge in [0.1, 0.15) is 5.69 Å². The van der Waals surface area contributed by atoms with Gasteiger partial charge in [-0.1, -0.05) is 92.7 Å². The first kappa shape index (κ1) is 22.3. The van der Waals surface area contributed by atoms with E-state index in [1.807, 2.05) is 89.8 Å². The summed E-state index contributed by atoms with van der Waals surface area (Å²) in [4.78, 5) is 19.0. The molecule has 0 aliphatic rings. The second-order valence-electron chi connectivity index (χ2n) is 8.54. The molecule has 0 atom stereocenters. The number of rotatable bonds is 9. The molecule has 1 N–H and O–H groups in total. The van der Waals surface area contributed by atoms with Crippen LogP contribution in [-0.2, 0) is 13.1 Å². The van der Waals surface area contributed by atoms with Crippen molar-refractivity contribution in [3.8, 4) is 0 Å². The van der Waals surface area contributed by atoms with Crippen molar-refractivity contribution in [2.24, 2.45) is 5.92 Å². The minimum Gasteiger partial charge on any atom is -0.379 e. The predicted octanol–water partition coefficient (Wildman–Crippen LogP) is 6.42. The summed E-state index contributed by atoms with van der Waals surface area (Å²) in [5.41, 5.74) is 3.40. The Balaban J connectivity index is 1.89. The Kier molecular flexibility index (Phi) is 6.83. The first-order chi connectivity index (χ1) is 16.0. The van der Waals surface area contributed by atoms with Gasteiger partial charge in [0, 0.05) is 25.0 Å². The monoisotopic (exact) mass is 440 g/mol. The molecular formula is C27H28N4O2. The number of benzene rings is 3. The summed E-state index contributed by atoms with van der Waals surface area (Å²) in [6, 6.07) is 27.6. The smallest absolute Gasteiger partial charge is 0.335 e. The number of nitrogens with one attached hydrogen (secondary N) is 1. The van der Waals surface area contributed by atoms with Crippen LogP contribution in [0, 0.1) is 16.0 Å². The van der Waals surface area contributed by atoms with Gasteiger partial charge in [-0.05, 0) is 23.1 Å². The van der Waals surface area contributed by atoms with E-state index in [4.69, 9.17) is 4.98 Å². The number of nitrogens with zero attached hydrogens (tertiary/aromatic N) is 3. The summed E-state index contributed by atoms with van der Waals surface area (Å²) in [6.45, 7) is 5.81. The van der Waals surface area contributed by atoms with E-state index in [9.17, 15) is 10.1 Å². The van der Waals surface area contributed by atoms with Gasteiger partial charge in [-0.15, -0.1) is 0 Å². The van der Waals surface area contributed by atoms with Gasteiger partial charge in [-0.25, -0.2) is 4.98 Å². The number of pyridine rings is 1. The number of hydrogen-bond acceptors (Lipinski definition) is 5. The third kappa shape index (κ3) is 5.29. The van der Waals surface area contributed by atoms with Crippen LogP contribution in [0.4, 0.5) is 17.2 Å². The van der Waals surface area contributed by atoms with Gasteiger partial charge in [0.25, 0.3) is 0 Å². The fourth-order valence-corrected chi connectivity index (χ4v) is 3.88. The topological polar surface area (TPSA) is 71.3 Å². The predicted molar refractivity (Wildman–Crippen MR) is 134 cm³/mol. The fraction of sp³-hybridized carbons (Fsp3) is 0.222. The van der Waals surface area contributed by atoms with Gasteiger partial charge < -0.3 is 10.2 Å². The second-order valence-corrected chi connectivity index (χ2v) is 8.54. The van der Waals surface area contributed by atoms with Crippen molar-refractivity contribution in [1.29, 1.82) is 0 Å². The molecule has 0 aliphatic heterocycles. The zero-order chi connectivity index (χ0) is 23.2. The summed E-state index contributed by atoms with van der Waals surface area (Å²) < 4.78 is 0. The molecule has 3 aromatic carbocycles. The highest BCUT2D eigenvalue weighted by Gasteiger charge is 2.29. The van der Waals surface area contributed by atoms with Crippen molar-refractivity contribution < 1.29 is 4.92 Å². The minimum absolute atomic E-state index is 0.0150. The Bertz CT molecular complexity index is 1190. The van der Waals surface area contributed by atoms with Crippen LogP contribution in [0.5, 0.6) is 0 Å². The Labute approximate surface area is 194 Å². The lowest BCUT2D eigenvalue weighted by Crippen LogP contribution is -2.25. The van der Waals surface area contributed by atoms with Crippen LogP contribution in [-0.4, -0.2) is 16.5 Å². The maximum absolute atomic E-state index is 12.4. The molecule has 4 aromatic rings. The number of fused-ring (bicyclic) bond motifs is 1. The fourth-order valence-electron chi connectivity index (χ4n) is 3.88. The third-order valence-corrected chi connectivity index (χ3v) is 5.45. The molecule has 0 saturated carbocycles. The maximum Gasteiger partial charge on any atom is 0.335 e. The lowest BCUT2D eigenvalue weighted by Gasteiger charge is -2.25. The lowest BCUT2D eigenvalue weighted by atomic mass is 10.1. The largest absolute Gasteiger partial charge is 0.379 e. The van der Waals surface area contributed by atoms with Crippen molar-refractivity contribution in [3.05, 3.63) is 106 Å². The molecule has 0 aliphatic carbocycles. The van der Waals surface area contributed by atoms with Gasteiger partial charge >= 0.3 is 5.69 Å². The maximum atomic E-state index is 12.4. The summed E-state index contributed by atoms with van der Waals surface area (Å²) in [5.74, 6) is 0.711. The van der Waals surface area contributed by atoms with E-state index in [1.54, 1.807) is 0 Å². The molecule has 0 radical (unpaired) electrons. The number of hydrogen-bond donors (Lipinski definition) is 1. The Morgan fingerprint density at radius 2 is 1.42 bits per heavy atom. The van der Waals surface area contributed by atoms with Gasteiger partial charge in [0.2, 0.25) is 5.82 Å². The molecule has 1 heterocycles. The molecule has 0 saturated heterocycles. The molecule has 6 nitrogen and oxygen atoms in total. The standard InChI is InChI=1S/C27H28N4O2/c1-20(2)17-28-25-23-15-9-10-16-24(23)29-27(26(25)31(32)33)30(18-21-11-5-3-6-12-21)19-22-13-7-4-8-14-22/h3-16,20H,17-19H2,1-2H3,(H,28,29). The molecule has 0 amide bonds. The van der Waals surface area contributed by atoms with Crippen molar-refractivity contribution in [3.63, 3.8) is 0 Å². The molecule has 33 heavy (non-hydrogen) atoms. The summed E-state index contributed by atoms with van der Waals surface area (Å²) in [5, 5.41) is 16.5. The first-order valence-corrected chi connectivity index (χ1v) is 11.2. The third-order valence-electron chi connectivity index (χ3n) is 5.45. The molecule has 0 fully saturated rings. The molecule has 4 rings (SSSR count). The van der Waals surface area contributed by atoms with Crippen molar-refractivity contribution in [2.75, 3.05) is 16.8 Å². The quantitative estimate of drug-likeness (QED) is 0.240. The average molecular weight is 441 g/mol. The van der Waals surface area contributed by atoms with E-state index in [1.165, 1.54) is 0 Å². The van der Waals surface area contributed by atoms with Gasteiger partial charge in [0.15, 0.2) is 0 Å². The Morgan fingerprint density at radius 1 is 0.879 bits per heavy atom. The molecule has 168 valence electrons. The molecule has 6 heteroatoms. The Morgan fingerprint density at radius 3 is 1.97 bits per heavy atom. The Hall–Kier alpha value is -3.93. The van der Waals surface area contributed by atoms with Crippen LogP contribution in [0.2, 0.25) is 0 Å². The number of para-hydroxylation sites is 1. The van der Waals surface area contributed by atoms with E-state index in [2.05, 4.69) is 19.2 Å². The highest BCUT2D eigenvalue weighted by Crippen LogP contribution is 2.40. The highest BCUT2D eigenvalue weighted by molar-refractivity contribution is 5.99. The summed E-state index contributed by atoms with van der Waals surface area (Å²) in [7, 11) is 0. The van der Waals surface area contributed by atoms with Crippen LogP contribution >= 0.6 is 0 Å². The van der Waals surface area contributed by atoms with Crippen molar-refractivity contribution in [2.45, 2.75) is 26.9 Å². The number of aromatic nitrogens is 1. The van der Waals surface area contributed by atoms with Crippen LogP contribution in [0.1, 0.15) is 25.0 Å². The second kappa shape index (κ2) is 10.1. The van der Waals surface area contributed by atoms with Crippen LogP contribution < -0.4 is 10.2 Å². The summed E-state index contributed by atoms with van der Waals surface area (Å²) in [6.07, 6.45) is 0. The van der Waals surface area contributed by atoms with Crippen LogP contribution in [0.25, 0.3) is 10.9 Å². The molecule has 0 bridgehead atoms. The SMILES string of the molecule is CC(C)CNc1c([N+](=O)[O-])c(N(Cc2ccccc2)Cc2ccccc2)nc2ccccc12. The molecular weight excluding hydrogens is 412 g/mol.